The van der Waals surface area contributed by atoms with Crippen molar-refractivity contribution < 1.29 is 5.11 Å². The van der Waals surface area contributed by atoms with Crippen LogP contribution in [0, 0.1) is 0 Å². The van der Waals surface area contributed by atoms with E-state index in [2.05, 4.69) is 17.2 Å². The van der Waals surface area contributed by atoms with E-state index in [0.29, 0.717) is 12.2 Å². The second kappa shape index (κ2) is 4.98. The van der Waals surface area contributed by atoms with Crippen LogP contribution in [0.2, 0.25) is 0 Å². The summed E-state index contributed by atoms with van der Waals surface area (Å²) in [6.07, 6.45) is 3.33. The first kappa shape index (κ1) is 11.8. The molecule has 0 radical (unpaired) electrons. The number of hydrogen-bond donors (Lipinski definition) is 3. The van der Waals surface area contributed by atoms with Crippen LogP contribution in [-0.4, -0.2) is 22.2 Å². The fourth-order valence-corrected chi connectivity index (χ4v) is 1.42. The van der Waals surface area contributed by atoms with Gasteiger partial charge in [0.25, 0.3) is 0 Å². The molecule has 0 bridgehead atoms. The number of nitrogens with two attached hydrogens (primary N) is 1. The lowest BCUT2D eigenvalue weighted by atomic mass is 10.0. The third-order valence-electron chi connectivity index (χ3n) is 2.23. The zero-order chi connectivity index (χ0) is 11.3. The van der Waals surface area contributed by atoms with Crippen LogP contribution < -0.4 is 11.1 Å². The minimum atomic E-state index is -0.683. The number of anilines is 2. The summed E-state index contributed by atoms with van der Waals surface area (Å²) >= 11 is 0. The quantitative estimate of drug-likeness (QED) is 0.689. The van der Waals surface area contributed by atoms with Crippen molar-refractivity contribution in [3.05, 3.63) is 18.3 Å². The third-order valence-corrected chi connectivity index (χ3v) is 2.23. The van der Waals surface area contributed by atoms with Crippen LogP contribution in [-0.2, 0) is 0 Å². The van der Waals surface area contributed by atoms with E-state index in [9.17, 15) is 5.11 Å². The lowest BCUT2D eigenvalue weighted by Gasteiger charge is -2.23. The minimum Gasteiger partial charge on any atom is -0.397 e. The number of nitrogens with one attached hydrogen (secondary N) is 1. The van der Waals surface area contributed by atoms with Crippen LogP contribution in [0.3, 0.4) is 0 Å². The van der Waals surface area contributed by atoms with E-state index in [4.69, 9.17) is 5.73 Å². The van der Waals surface area contributed by atoms with Crippen molar-refractivity contribution in [1.29, 1.82) is 0 Å². The predicted octanol–water partition coefficient (Wildman–Crippen LogP) is 1.63. The minimum absolute atomic E-state index is 0.498. The fourth-order valence-electron chi connectivity index (χ4n) is 1.42. The van der Waals surface area contributed by atoms with Gasteiger partial charge in [0.2, 0.25) is 0 Å². The predicted molar refractivity (Wildman–Crippen MR) is 62.7 cm³/mol. The molecule has 84 valence electrons. The summed E-state index contributed by atoms with van der Waals surface area (Å²) in [5.41, 5.74) is 5.47. The average molecular weight is 209 g/mol. The number of aromatic nitrogens is 1. The highest BCUT2D eigenvalue weighted by molar-refractivity contribution is 5.43. The molecule has 0 aliphatic rings. The highest BCUT2D eigenvalue weighted by Crippen LogP contribution is 2.13. The maximum absolute atomic E-state index is 9.92. The van der Waals surface area contributed by atoms with E-state index in [1.54, 1.807) is 18.3 Å². The molecule has 1 heterocycles. The van der Waals surface area contributed by atoms with Gasteiger partial charge < -0.3 is 16.2 Å². The molecule has 1 aromatic heterocycles. The van der Waals surface area contributed by atoms with Crippen molar-refractivity contribution in [2.75, 3.05) is 17.6 Å². The number of nitrogen functional groups attached to an aromatic ring is 1. The topological polar surface area (TPSA) is 71.2 Å². The Morgan fingerprint density at radius 1 is 1.53 bits per heavy atom. The molecule has 0 fully saturated rings. The zero-order valence-corrected chi connectivity index (χ0v) is 9.33. The molecule has 0 saturated heterocycles. The number of hydrogen-bond acceptors (Lipinski definition) is 4. The Kier molecular flexibility index (Phi) is 3.91. The molecule has 1 aromatic rings. The molecule has 0 amide bonds. The summed E-state index contributed by atoms with van der Waals surface area (Å²) in [5, 5.41) is 13.0. The Bertz CT molecular complexity index is 295. The standard InChI is InChI=1S/C11H19N3O/c1-3-6-11(2,15)8-14-10-5-4-9(12)7-13-10/h4-5,7,15H,3,6,8,12H2,1-2H3,(H,13,14). The highest BCUT2D eigenvalue weighted by Gasteiger charge is 2.18. The maximum Gasteiger partial charge on any atom is 0.126 e. The van der Waals surface area contributed by atoms with Gasteiger partial charge in [-0.2, -0.15) is 0 Å². The van der Waals surface area contributed by atoms with Gasteiger partial charge in [0.1, 0.15) is 5.82 Å². The molecular weight excluding hydrogens is 190 g/mol. The molecular formula is C11H19N3O. The highest BCUT2D eigenvalue weighted by atomic mass is 16.3. The maximum atomic E-state index is 9.92. The van der Waals surface area contributed by atoms with E-state index in [-0.39, 0.29) is 0 Å². The molecule has 1 atom stereocenters. The molecule has 0 aliphatic heterocycles. The zero-order valence-electron chi connectivity index (χ0n) is 9.33. The van der Waals surface area contributed by atoms with Crippen LogP contribution in [0.1, 0.15) is 26.7 Å². The Hall–Kier alpha value is -1.29. The molecule has 4 N–H and O–H groups in total. The second-order valence-electron chi connectivity index (χ2n) is 4.08. The van der Waals surface area contributed by atoms with Gasteiger partial charge in [-0.15, -0.1) is 0 Å². The Labute approximate surface area is 90.5 Å². The smallest absolute Gasteiger partial charge is 0.126 e. The SMILES string of the molecule is CCCC(C)(O)CNc1ccc(N)cn1. The molecule has 0 spiro atoms. The van der Waals surface area contributed by atoms with Crippen molar-refractivity contribution in [2.45, 2.75) is 32.3 Å². The van der Waals surface area contributed by atoms with E-state index in [1.165, 1.54) is 0 Å². The van der Waals surface area contributed by atoms with Crippen LogP contribution >= 0.6 is 0 Å². The first-order valence-corrected chi connectivity index (χ1v) is 5.21. The molecule has 1 rings (SSSR count). The van der Waals surface area contributed by atoms with Crippen LogP contribution in [0.4, 0.5) is 11.5 Å². The van der Waals surface area contributed by atoms with Gasteiger partial charge in [0, 0.05) is 6.54 Å². The van der Waals surface area contributed by atoms with Gasteiger partial charge in [-0.05, 0) is 25.5 Å². The number of aliphatic hydroxyl groups is 1. The third kappa shape index (κ3) is 4.16. The van der Waals surface area contributed by atoms with Gasteiger partial charge in [-0.3, -0.25) is 0 Å². The lowest BCUT2D eigenvalue weighted by Crippen LogP contribution is -2.33. The summed E-state index contributed by atoms with van der Waals surface area (Å²) in [7, 11) is 0. The van der Waals surface area contributed by atoms with Crippen LogP contribution in [0.25, 0.3) is 0 Å². The van der Waals surface area contributed by atoms with Crippen molar-refractivity contribution in [1.82, 2.24) is 4.98 Å². The first-order valence-electron chi connectivity index (χ1n) is 5.21. The summed E-state index contributed by atoms with van der Waals surface area (Å²) in [4.78, 5) is 4.09. The largest absolute Gasteiger partial charge is 0.397 e. The van der Waals surface area contributed by atoms with Gasteiger partial charge in [0.05, 0.1) is 17.5 Å². The van der Waals surface area contributed by atoms with E-state index in [0.717, 1.165) is 18.7 Å². The monoisotopic (exact) mass is 209 g/mol. The number of nitrogens with zero attached hydrogens (tertiary/aromatic N) is 1. The van der Waals surface area contributed by atoms with Crippen LogP contribution in [0.5, 0.6) is 0 Å². The average Bonchev–Trinajstić information content (AvgIpc) is 2.17. The molecule has 0 saturated carbocycles. The van der Waals surface area contributed by atoms with E-state index < -0.39 is 5.60 Å². The Morgan fingerprint density at radius 3 is 2.80 bits per heavy atom. The summed E-state index contributed by atoms with van der Waals surface area (Å²) < 4.78 is 0. The molecule has 0 aromatic carbocycles. The summed E-state index contributed by atoms with van der Waals surface area (Å²) in [6, 6.07) is 3.58. The van der Waals surface area contributed by atoms with Crippen molar-refractivity contribution >= 4 is 11.5 Å². The molecule has 4 nitrogen and oxygen atoms in total. The van der Waals surface area contributed by atoms with Gasteiger partial charge in [-0.25, -0.2) is 4.98 Å². The van der Waals surface area contributed by atoms with E-state index >= 15 is 0 Å². The first-order chi connectivity index (χ1) is 7.03. The lowest BCUT2D eigenvalue weighted by molar-refractivity contribution is 0.0636. The van der Waals surface area contributed by atoms with Crippen molar-refractivity contribution in [3.63, 3.8) is 0 Å². The number of pyridine rings is 1. The fraction of sp³-hybridized carbons (Fsp3) is 0.545. The Balaban J connectivity index is 2.46. The van der Waals surface area contributed by atoms with Crippen LogP contribution in [0.15, 0.2) is 18.3 Å². The van der Waals surface area contributed by atoms with Crippen molar-refractivity contribution in [2.24, 2.45) is 0 Å². The normalized spacial score (nSPS) is 14.6. The molecule has 0 aliphatic carbocycles. The van der Waals surface area contributed by atoms with E-state index in [1.807, 2.05) is 6.92 Å². The molecule has 4 heteroatoms. The second-order valence-corrected chi connectivity index (χ2v) is 4.08. The Morgan fingerprint density at radius 2 is 2.27 bits per heavy atom. The summed E-state index contributed by atoms with van der Waals surface area (Å²) in [5.74, 6) is 0.737. The molecule has 1 unspecified atom stereocenters. The van der Waals surface area contributed by atoms with Gasteiger partial charge in [-0.1, -0.05) is 13.3 Å². The van der Waals surface area contributed by atoms with Gasteiger partial charge >= 0.3 is 0 Å². The molecule has 15 heavy (non-hydrogen) atoms. The van der Waals surface area contributed by atoms with Gasteiger partial charge in [0.15, 0.2) is 0 Å². The number of rotatable bonds is 5. The van der Waals surface area contributed by atoms with Crippen molar-refractivity contribution in [3.8, 4) is 0 Å². The summed E-state index contributed by atoms with van der Waals surface area (Å²) in [6.45, 7) is 4.37.